The summed E-state index contributed by atoms with van der Waals surface area (Å²) in [5.41, 5.74) is 3.99. The molecule has 5 rings (SSSR count). The number of hydrogen-bond donors (Lipinski definition) is 0. The van der Waals surface area contributed by atoms with Crippen LogP contribution in [0.4, 0.5) is 4.39 Å². The molecule has 0 aliphatic rings. The number of hydrogen-bond acceptors (Lipinski definition) is 2. The molecule has 3 aromatic carbocycles. The van der Waals surface area contributed by atoms with Crippen LogP contribution >= 0.6 is 0 Å². The molecule has 0 atom stereocenters. The zero-order valence-electron chi connectivity index (χ0n) is 13.8. The van der Waals surface area contributed by atoms with E-state index in [-0.39, 0.29) is 5.82 Å². The first kappa shape index (κ1) is 14.8. The van der Waals surface area contributed by atoms with E-state index in [4.69, 9.17) is 5.10 Å². The average molecular weight is 339 g/mol. The van der Waals surface area contributed by atoms with E-state index in [9.17, 15) is 4.39 Å². The second kappa shape index (κ2) is 5.77. The molecule has 0 amide bonds. The summed E-state index contributed by atoms with van der Waals surface area (Å²) >= 11 is 0. The van der Waals surface area contributed by atoms with Crippen LogP contribution in [0.2, 0.25) is 0 Å². The molecule has 0 aliphatic carbocycles. The quantitative estimate of drug-likeness (QED) is 0.432. The molecule has 3 nitrogen and oxygen atoms in total. The maximum Gasteiger partial charge on any atom is 0.149 e. The molecule has 0 unspecified atom stereocenters. The topological polar surface area (TPSA) is 30.7 Å². The molecule has 26 heavy (non-hydrogen) atoms. The van der Waals surface area contributed by atoms with Crippen LogP contribution in [0.25, 0.3) is 38.8 Å². The van der Waals surface area contributed by atoms with Crippen molar-refractivity contribution in [3.63, 3.8) is 0 Å². The van der Waals surface area contributed by atoms with Gasteiger partial charge in [0.15, 0.2) is 0 Å². The third-order valence-corrected chi connectivity index (χ3v) is 4.53. The highest BCUT2D eigenvalue weighted by molar-refractivity contribution is 6.08. The fourth-order valence-electron chi connectivity index (χ4n) is 3.34. The molecule has 0 aliphatic heterocycles. The number of rotatable bonds is 2. The Bertz CT molecular complexity index is 1230. The monoisotopic (exact) mass is 339 g/mol. The molecule has 0 fully saturated rings. The molecule has 2 aromatic heterocycles. The predicted molar refractivity (Wildman–Crippen MR) is 102 cm³/mol. The number of nitrogens with zero attached hydrogens (tertiary/aromatic N) is 3. The zero-order chi connectivity index (χ0) is 17.5. The van der Waals surface area contributed by atoms with Gasteiger partial charge in [-0.15, -0.1) is 0 Å². The lowest BCUT2D eigenvalue weighted by Gasteiger charge is -2.06. The van der Waals surface area contributed by atoms with Gasteiger partial charge in [0.2, 0.25) is 0 Å². The molecule has 124 valence electrons. The fourth-order valence-corrected chi connectivity index (χ4v) is 3.34. The van der Waals surface area contributed by atoms with Gasteiger partial charge in [0.1, 0.15) is 17.0 Å². The minimum absolute atomic E-state index is 0.327. The second-order valence-corrected chi connectivity index (χ2v) is 6.12. The van der Waals surface area contributed by atoms with Crippen LogP contribution in [0.5, 0.6) is 0 Å². The number of para-hydroxylation sites is 2. The maximum absolute atomic E-state index is 14.3. The lowest BCUT2D eigenvalue weighted by atomic mass is 10.1. The largest absolute Gasteiger partial charge is 0.252 e. The van der Waals surface area contributed by atoms with Gasteiger partial charge in [-0.3, -0.25) is 4.98 Å². The minimum atomic E-state index is -0.327. The van der Waals surface area contributed by atoms with E-state index in [1.54, 1.807) is 12.3 Å². The molecule has 5 aromatic rings. The van der Waals surface area contributed by atoms with Crippen molar-refractivity contribution in [2.75, 3.05) is 0 Å². The van der Waals surface area contributed by atoms with Crippen LogP contribution in [0.15, 0.2) is 85.1 Å². The van der Waals surface area contributed by atoms with Gasteiger partial charge in [0.25, 0.3) is 0 Å². The lowest BCUT2D eigenvalue weighted by molar-refractivity contribution is 0.637. The smallest absolute Gasteiger partial charge is 0.149 e. The summed E-state index contributed by atoms with van der Waals surface area (Å²) in [4.78, 5) is 4.37. The van der Waals surface area contributed by atoms with Gasteiger partial charge in [-0.25, -0.2) is 9.07 Å². The third-order valence-electron chi connectivity index (χ3n) is 4.53. The summed E-state index contributed by atoms with van der Waals surface area (Å²) in [7, 11) is 0. The Kier molecular flexibility index (Phi) is 3.28. The summed E-state index contributed by atoms with van der Waals surface area (Å²) in [6.07, 6.45) is 1.72. The van der Waals surface area contributed by atoms with Gasteiger partial charge in [-0.1, -0.05) is 60.7 Å². The van der Waals surface area contributed by atoms with Gasteiger partial charge in [0.05, 0.1) is 11.2 Å². The highest BCUT2D eigenvalue weighted by Gasteiger charge is 2.17. The van der Waals surface area contributed by atoms with Crippen molar-refractivity contribution in [3.05, 3.63) is 90.9 Å². The fraction of sp³-hybridized carbons (Fsp3) is 0. The summed E-state index contributed by atoms with van der Waals surface area (Å²) < 4.78 is 16.2. The zero-order valence-corrected chi connectivity index (χ0v) is 13.8. The molecular weight excluding hydrogens is 325 g/mol. The number of aromatic nitrogens is 3. The molecular formula is C22H14FN3. The van der Waals surface area contributed by atoms with E-state index in [0.717, 1.165) is 33.2 Å². The van der Waals surface area contributed by atoms with Crippen molar-refractivity contribution < 1.29 is 4.39 Å². The van der Waals surface area contributed by atoms with Gasteiger partial charge < -0.3 is 0 Å². The summed E-state index contributed by atoms with van der Waals surface area (Å²) in [6.45, 7) is 0. The first-order chi connectivity index (χ1) is 12.8. The Labute approximate surface area is 149 Å². The van der Waals surface area contributed by atoms with Crippen molar-refractivity contribution >= 4 is 21.8 Å². The van der Waals surface area contributed by atoms with Crippen molar-refractivity contribution in [1.29, 1.82) is 0 Å². The molecule has 4 heteroatoms. The first-order valence-corrected chi connectivity index (χ1v) is 8.40. The van der Waals surface area contributed by atoms with Crippen LogP contribution in [0.3, 0.4) is 0 Å². The summed E-state index contributed by atoms with van der Waals surface area (Å²) in [5.74, 6) is -0.327. The summed E-state index contributed by atoms with van der Waals surface area (Å²) in [5, 5.41) is 6.52. The van der Waals surface area contributed by atoms with Crippen molar-refractivity contribution in [2.24, 2.45) is 0 Å². The van der Waals surface area contributed by atoms with Gasteiger partial charge in [0, 0.05) is 22.5 Å². The Morgan fingerprint density at radius 3 is 2.23 bits per heavy atom. The van der Waals surface area contributed by atoms with Crippen molar-refractivity contribution in [1.82, 2.24) is 14.8 Å². The molecule has 0 radical (unpaired) electrons. The number of fused-ring (bicyclic) bond motifs is 3. The highest BCUT2D eigenvalue weighted by Crippen LogP contribution is 2.34. The molecule has 0 saturated heterocycles. The predicted octanol–water partition coefficient (Wildman–Crippen LogP) is 5.38. The third kappa shape index (κ3) is 2.19. The van der Waals surface area contributed by atoms with Crippen LogP contribution in [-0.4, -0.2) is 14.8 Å². The first-order valence-electron chi connectivity index (χ1n) is 8.40. The number of pyridine rings is 1. The van der Waals surface area contributed by atoms with Crippen molar-refractivity contribution in [3.8, 4) is 16.9 Å². The van der Waals surface area contributed by atoms with Gasteiger partial charge >= 0.3 is 0 Å². The van der Waals surface area contributed by atoms with E-state index in [1.165, 1.54) is 6.07 Å². The Balaban J connectivity index is 1.95. The van der Waals surface area contributed by atoms with Gasteiger partial charge in [-0.05, 0) is 18.2 Å². The average Bonchev–Trinajstić information content (AvgIpc) is 3.10. The van der Waals surface area contributed by atoms with E-state index in [0.29, 0.717) is 5.52 Å². The van der Waals surface area contributed by atoms with Crippen LogP contribution in [0, 0.1) is 5.82 Å². The lowest BCUT2D eigenvalue weighted by Crippen LogP contribution is -1.97. The summed E-state index contributed by atoms with van der Waals surface area (Å²) in [6, 6.07) is 24.9. The van der Waals surface area contributed by atoms with Crippen LogP contribution in [0.1, 0.15) is 0 Å². The minimum Gasteiger partial charge on any atom is -0.252 e. The van der Waals surface area contributed by atoms with E-state index >= 15 is 0 Å². The maximum atomic E-state index is 14.3. The SMILES string of the molecule is Fc1cccc2c1ncc1c(-c3ccccc3)nn(-c3ccccc3)c12. The Hall–Kier alpha value is -3.53. The molecule has 0 saturated carbocycles. The standard InChI is InChI=1S/C22H14FN3/c23-19-13-7-12-17-21(19)24-14-18-20(15-8-3-1-4-9-15)25-26(22(17)18)16-10-5-2-6-11-16/h1-14H. The molecule has 0 bridgehead atoms. The number of benzene rings is 3. The number of halogens is 1. The molecule has 0 N–H and O–H groups in total. The Morgan fingerprint density at radius 2 is 1.46 bits per heavy atom. The van der Waals surface area contributed by atoms with Gasteiger partial charge in [-0.2, -0.15) is 5.10 Å². The molecule has 2 heterocycles. The highest BCUT2D eigenvalue weighted by atomic mass is 19.1. The van der Waals surface area contributed by atoms with E-state index < -0.39 is 0 Å². The van der Waals surface area contributed by atoms with Crippen LogP contribution in [-0.2, 0) is 0 Å². The second-order valence-electron chi connectivity index (χ2n) is 6.12. The van der Waals surface area contributed by atoms with E-state index in [1.807, 2.05) is 71.4 Å². The normalized spacial score (nSPS) is 11.3. The van der Waals surface area contributed by atoms with E-state index in [2.05, 4.69) is 4.98 Å². The van der Waals surface area contributed by atoms with Crippen LogP contribution < -0.4 is 0 Å². The molecule has 0 spiro atoms. The van der Waals surface area contributed by atoms with Crippen molar-refractivity contribution in [2.45, 2.75) is 0 Å². The Morgan fingerprint density at radius 1 is 0.731 bits per heavy atom.